The van der Waals surface area contributed by atoms with E-state index < -0.39 is 17.6 Å². The van der Waals surface area contributed by atoms with Crippen molar-refractivity contribution in [2.75, 3.05) is 0 Å². The minimum Gasteiger partial charge on any atom is -0.418 e. The smallest absolute Gasteiger partial charge is 0.417 e. The summed E-state index contributed by atoms with van der Waals surface area (Å²) >= 11 is 0. The van der Waals surface area contributed by atoms with Crippen LogP contribution >= 0.6 is 0 Å². The monoisotopic (exact) mass is 298 g/mol. The van der Waals surface area contributed by atoms with Gasteiger partial charge in [0.05, 0.1) is 11.1 Å². The van der Waals surface area contributed by atoms with E-state index in [1.165, 1.54) is 25.2 Å². The minimum atomic E-state index is -4.53. The highest BCUT2D eigenvalue weighted by atomic mass is 19.4. The second-order valence-electron chi connectivity index (χ2n) is 4.02. The van der Waals surface area contributed by atoms with Gasteiger partial charge in [0.2, 0.25) is 11.6 Å². The fourth-order valence-electron chi connectivity index (χ4n) is 1.62. The van der Waals surface area contributed by atoms with E-state index in [0.717, 1.165) is 6.07 Å². The number of nitrogens with zero attached hydrogens (tertiary/aromatic N) is 2. The fourth-order valence-corrected chi connectivity index (χ4v) is 1.62. The minimum absolute atomic E-state index is 0.0148. The zero-order valence-corrected chi connectivity index (χ0v) is 10.9. The molecule has 0 N–H and O–H groups in total. The van der Waals surface area contributed by atoms with Crippen molar-refractivity contribution >= 4 is 16.8 Å². The van der Waals surface area contributed by atoms with Gasteiger partial charge in [0.1, 0.15) is 11.3 Å². The van der Waals surface area contributed by atoms with Crippen molar-refractivity contribution in [2.24, 2.45) is 0 Å². The number of rotatable bonds is 3. The molecule has 0 aromatic carbocycles. The van der Waals surface area contributed by atoms with Gasteiger partial charge in [-0.25, -0.2) is 14.4 Å². The topological polar surface area (TPSA) is 38.9 Å². The molecular formula is C14H10F4N2O. The number of fused-ring (bicyclic) bond motifs is 1. The van der Waals surface area contributed by atoms with Crippen molar-refractivity contribution < 1.29 is 22.0 Å². The second kappa shape index (κ2) is 5.51. The molecule has 0 fully saturated rings. The Morgan fingerprint density at radius 3 is 2.67 bits per heavy atom. The largest absolute Gasteiger partial charge is 0.418 e. The highest BCUT2D eigenvalue weighted by Gasteiger charge is 2.31. The molecule has 0 radical (unpaired) electrons. The van der Waals surface area contributed by atoms with Gasteiger partial charge in [-0.3, -0.25) is 0 Å². The first-order valence-corrected chi connectivity index (χ1v) is 5.86. The van der Waals surface area contributed by atoms with Crippen LogP contribution in [0.15, 0.2) is 47.3 Å². The van der Waals surface area contributed by atoms with Crippen LogP contribution in [0.2, 0.25) is 0 Å². The molecule has 2 rings (SSSR count). The number of aromatic nitrogens is 2. The average molecular weight is 298 g/mol. The lowest BCUT2D eigenvalue weighted by Crippen LogP contribution is -2.04. The standard InChI is InChI=1S/C14H10F4N2O/c1-3-5-9(10(15)4-2)12-20-11-6-8(14(16,17)18)7-19-13(11)21-12/h3-7H,1H2,2H3/b9-5+,10-4+. The molecule has 7 heteroatoms. The zero-order valence-electron chi connectivity index (χ0n) is 10.9. The van der Waals surface area contributed by atoms with Crippen LogP contribution in [0, 0.1) is 0 Å². The van der Waals surface area contributed by atoms with Gasteiger partial charge in [-0.2, -0.15) is 13.2 Å². The lowest BCUT2D eigenvalue weighted by Gasteiger charge is -2.03. The van der Waals surface area contributed by atoms with Crippen LogP contribution in [0.1, 0.15) is 18.4 Å². The molecule has 3 nitrogen and oxygen atoms in total. The highest BCUT2D eigenvalue weighted by Crippen LogP contribution is 2.32. The molecule has 0 atom stereocenters. The van der Waals surface area contributed by atoms with Gasteiger partial charge in [-0.1, -0.05) is 18.7 Å². The van der Waals surface area contributed by atoms with Crippen molar-refractivity contribution in [3.63, 3.8) is 0 Å². The number of hydrogen-bond donors (Lipinski definition) is 0. The molecule has 21 heavy (non-hydrogen) atoms. The summed E-state index contributed by atoms with van der Waals surface area (Å²) in [5, 5.41) is 0. The molecule has 2 aromatic rings. The van der Waals surface area contributed by atoms with Gasteiger partial charge in [-0.15, -0.1) is 0 Å². The van der Waals surface area contributed by atoms with Crippen molar-refractivity contribution in [1.82, 2.24) is 9.97 Å². The maximum Gasteiger partial charge on any atom is 0.417 e. The van der Waals surface area contributed by atoms with E-state index >= 15 is 0 Å². The number of halogens is 4. The Hall–Kier alpha value is -2.44. The molecule has 0 aliphatic rings. The average Bonchev–Trinajstić information content (AvgIpc) is 2.85. The third-order valence-electron chi connectivity index (χ3n) is 2.60. The summed E-state index contributed by atoms with van der Waals surface area (Å²) in [6.07, 6.45) is -0.0831. The van der Waals surface area contributed by atoms with Crippen LogP contribution in [0.4, 0.5) is 17.6 Å². The van der Waals surface area contributed by atoms with Crippen LogP contribution in [0.3, 0.4) is 0 Å². The van der Waals surface area contributed by atoms with E-state index in [1.54, 1.807) is 0 Å². The maximum absolute atomic E-state index is 13.7. The number of oxazole rings is 1. The molecule has 110 valence electrons. The molecule has 0 amide bonds. The quantitative estimate of drug-likeness (QED) is 0.610. The Labute approximate surface area is 117 Å². The first-order valence-electron chi connectivity index (χ1n) is 5.86. The third kappa shape index (κ3) is 3.01. The Morgan fingerprint density at radius 2 is 2.10 bits per heavy atom. The fraction of sp³-hybridized carbons (Fsp3) is 0.143. The van der Waals surface area contributed by atoms with Gasteiger partial charge < -0.3 is 4.42 Å². The van der Waals surface area contributed by atoms with Crippen molar-refractivity contribution in [1.29, 1.82) is 0 Å². The van der Waals surface area contributed by atoms with Gasteiger partial charge in [0.15, 0.2) is 0 Å². The van der Waals surface area contributed by atoms with E-state index in [2.05, 4.69) is 16.5 Å². The summed E-state index contributed by atoms with van der Waals surface area (Å²) in [5.74, 6) is -0.787. The molecule has 0 aliphatic heterocycles. The molecule has 2 aromatic heterocycles. The lowest BCUT2D eigenvalue weighted by molar-refractivity contribution is -0.137. The maximum atomic E-state index is 13.7. The van der Waals surface area contributed by atoms with Crippen LogP contribution in [0.5, 0.6) is 0 Å². The van der Waals surface area contributed by atoms with Gasteiger partial charge in [-0.05, 0) is 19.1 Å². The number of allylic oxidation sites excluding steroid dienone is 5. The summed E-state index contributed by atoms with van der Waals surface area (Å²) in [7, 11) is 0. The highest BCUT2D eigenvalue weighted by molar-refractivity contribution is 5.78. The zero-order chi connectivity index (χ0) is 15.6. The van der Waals surface area contributed by atoms with Crippen LogP contribution in [0.25, 0.3) is 16.8 Å². The van der Waals surface area contributed by atoms with Crippen LogP contribution < -0.4 is 0 Å². The predicted octanol–water partition coefficient (Wildman–Crippen LogP) is 4.68. The van der Waals surface area contributed by atoms with E-state index in [1.807, 2.05) is 0 Å². The third-order valence-corrected chi connectivity index (χ3v) is 2.60. The van der Waals surface area contributed by atoms with Crippen LogP contribution in [-0.2, 0) is 6.18 Å². The Bertz CT molecular complexity index is 741. The number of alkyl halides is 3. The lowest BCUT2D eigenvalue weighted by atomic mass is 10.2. The second-order valence-corrected chi connectivity index (χ2v) is 4.02. The van der Waals surface area contributed by atoms with Gasteiger partial charge in [0, 0.05) is 6.20 Å². The summed E-state index contributed by atoms with van der Waals surface area (Å²) in [5.41, 5.74) is -1.16. The first kappa shape index (κ1) is 15.0. The van der Waals surface area contributed by atoms with Crippen molar-refractivity contribution in [2.45, 2.75) is 13.1 Å². The van der Waals surface area contributed by atoms with E-state index in [9.17, 15) is 17.6 Å². The summed E-state index contributed by atoms with van der Waals surface area (Å²) < 4.78 is 56.7. The molecule has 0 unspecified atom stereocenters. The molecule has 0 aliphatic carbocycles. The summed E-state index contributed by atoms with van der Waals surface area (Å²) in [6.45, 7) is 4.91. The molecule has 0 spiro atoms. The molecule has 0 saturated carbocycles. The van der Waals surface area contributed by atoms with Crippen LogP contribution in [-0.4, -0.2) is 9.97 Å². The predicted molar refractivity (Wildman–Crippen MR) is 69.8 cm³/mol. The Morgan fingerprint density at radius 1 is 1.38 bits per heavy atom. The number of hydrogen-bond acceptors (Lipinski definition) is 3. The van der Waals surface area contributed by atoms with E-state index in [0.29, 0.717) is 6.20 Å². The summed E-state index contributed by atoms with van der Waals surface area (Å²) in [6, 6.07) is 0.800. The first-order chi connectivity index (χ1) is 9.86. The molecular weight excluding hydrogens is 288 g/mol. The summed E-state index contributed by atoms with van der Waals surface area (Å²) in [4.78, 5) is 7.40. The molecule has 2 heterocycles. The SMILES string of the molecule is C=C/C=C(\C(F)=C/C)c1nc2cc(C(F)(F)F)cnc2o1. The normalized spacial score (nSPS) is 13.8. The van der Waals surface area contributed by atoms with E-state index in [-0.39, 0.29) is 22.7 Å². The Balaban J connectivity index is 2.57. The Kier molecular flexibility index (Phi) is 3.93. The van der Waals surface area contributed by atoms with E-state index in [4.69, 9.17) is 4.42 Å². The van der Waals surface area contributed by atoms with Gasteiger partial charge >= 0.3 is 6.18 Å². The molecule has 0 saturated heterocycles. The van der Waals surface area contributed by atoms with Gasteiger partial charge in [0.25, 0.3) is 0 Å². The van der Waals surface area contributed by atoms with Crippen molar-refractivity contribution in [3.05, 3.63) is 54.4 Å². The number of pyridine rings is 1. The molecule has 0 bridgehead atoms. The van der Waals surface area contributed by atoms with Crippen molar-refractivity contribution in [3.8, 4) is 0 Å².